The van der Waals surface area contributed by atoms with Crippen molar-refractivity contribution in [1.29, 1.82) is 0 Å². The van der Waals surface area contributed by atoms with Crippen molar-refractivity contribution in [2.45, 2.75) is 56.2 Å². The van der Waals surface area contributed by atoms with E-state index < -0.39 is 20.0 Å². The first kappa shape index (κ1) is 35.7. The normalized spacial score (nSPS) is 18.5. The summed E-state index contributed by atoms with van der Waals surface area (Å²) in [4.78, 5) is 0. The number of hydrogen-bond acceptors (Lipinski definition) is 2. The first-order chi connectivity index (χ1) is 21.8. The summed E-state index contributed by atoms with van der Waals surface area (Å²) in [5.74, 6) is 3.11. The van der Waals surface area contributed by atoms with Crippen LogP contribution in [-0.2, 0) is 20.0 Å². The molecular weight excluding hydrogens is 786 g/mol. The summed E-state index contributed by atoms with van der Waals surface area (Å²) in [7, 11) is 3.48. The average Bonchev–Trinajstić information content (AvgIpc) is 3.60. The van der Waals surface area contributed by atoms with Gasteiger partial charge in [0.15, 0.2) is 0 Å². The quantitative estimate of drug-likeness (QED) is 0.148. The molecule has 5 heteroatoms. The van der Waals surface area contributed by atoms with Gasteiger partial charge in [0.1, 0.15) is 0 Å². The zero-order valence-corrected chi connectivity index (χ0v) is 33.7. The van der Waals surface area contributed by atoms with Crippen LogP contribution in [0.3, 0.4) is 0 Å². The van der Waals surface area contributed by atoms with Crippen LogP contribution in [0, 0.1) is 11.8 Å². The molecule has 47 heavy (non-hydrogen) atoms. The third-order valence-corrected chi connectivity index (χ3v) is 29.5. The SMILES string of the molecule is COc1ccc(-c2cccc3c2C=C(CC(C)C)[CH]3[Hf]2([CH]3C(CC(C)C)=Cc4c(-c5ccc(OC)cc5)cccc43)[CH2][CH2]2)cc1.Cl.Cl. The second kappa shape index (κ2) is 14.5. The van der Waals surface area contributed by atoms with Crippen molar-refractivity contribution in [1.82, 2.24) is 0 Å². The first-order valence-corrected chi connectivity index (χ1v) is 26.0. The van der Waals surface area contributed by atoms with Crippen LogP contribution in [0.4, 0.5) is 0 Å². The van der Waals surface area contributed by atoms with Crippen molar-refractivity contribution in [3.8, 4) is 33.8 Å². The van der Waals surface area contributed by atoms with Gasteiger partial charge in [0, 0.05) is 0 Å². The Morgan fingerprint density at radius 3 is 1.28 bits per heavy atom. The van der Waals surface area contributed by atoms with Crippen LogP contribution in [0.5, 0.6) is 11.5 Å². The van der Waals surface area contributed by atoms with E-state index in [4.69, 9.17) is 9.47 Å². The van der Waals surface area contributed by atoms with Gasteiger partial charge >= 0.3 is 276 Å². The Kier molecular flexibility index (Phi) is 11.0. The van der Waals surface area contributed by atoms with Crippen molar-refractivity contribution < 1.29 is 29.4 Å². The van der Waals surface area contributed by atoms with Crippen molar-refractivity contribution in [3.63, 3.8) is 0 Å². The third kappa shape index (κ3) is 6.57. The van der Waals surface area contributed by atoms with Gasteiger partial charge in [-0.05, 0) is 0 Å². The fraction of sp³-hybridized carbons (Fsp3) is 0.333. The standard InChI is InChI=1S/2C20H21O.C2H4.2ClH.Hf/c2*1-14(2)11-15-12-17-5-4-6-19(20(17)13-15)16-7-9-18(21-3)10-8-16;1-2;;;/h2*4-10,12-14H,11H2,1-3H3;1-2H2;2*1H;. The van der Waals surface area contributed by atoms with E-state index in [-0.39, 0.29) is 24.8 Å². The van der Waals surface area contributed by atoms with E-state index >= 15 is 0 Å². The van der Waals surface area contributed by atoms with Gasteiger partial charge in [0.05, 0.1) is 0 Å². The number of benzene rings is 4. The van der Waals surface area contributed by atoms with E-state index in [2.05, 4.69) is 125 Å². The predicted molar refractivity (Wildman–Crippen MR) is 201 cm³/mol. The van der Waals surface area contributed by atoms with Crippen molar-refractivity contribution in [2.75, 3.05) is 14.2 Å². The topological polar surface area (TPSA) is 18.5 Å². The molecule has 2 nitrogen and oxygen atoms in total. The molecule has 1 saturated heterocycles. The van der Waals surface area contributed by atoms with Crippen LogP contribution in [-0.4, -0.2) is 14.2 Å². The predicted octanol–water partition coefficient (Wildman–Crippen LogP) is 12.6. The Bertz CT molecular complexity index is 1650. The molecule has 4 aromatic rings. The number of allylic oxidation sites excluding steroid dienone is 2. The van der Waals surface area contributed by atoms with Gasteiger partial charge in [-0.2, -0.15) is 0 Å². The van der Waals surface area contributed by atoms with Crippen LogP contribution in [0.25, 0.3) is 34.4 Å². The molecule has 0 aromatic heterocycles. The summed E-state index contributed by atoms with van der Waals surface area (Å²) >= 11 is -3.01. The second-order valence-corrected chi connectivity index (χ2v) is 30.9. The zero-order chi connectivity index (χ0) is 31.3. The van der Waals surface area contributed by atoms with E-state index in [1.54, 1.807) is 36.5 Å². The summed E-state index contributed by atoms with van der Waals surface area (Å²) in [6, 6.07) is 31.6. The van der Waals surface area contributed by atoms with Crippen molar-refractivity contribution in [3.05, 3.63) is 118 Å². The Balaban J connectivity index is 0.00000217. The fourth-order valence-corrected chi connectivity index (χ4v) is 36.4. The van der Waals surface area contributed by atoms with Gasteiger partial charge in [-0.25, -0.2) is 0 Å². The maximum Gasteiger partial charge on any atom is -0.147 e. The third-order valence-electron chi connectivity index (χ3n) is 10.4. The molecule has 4 aromatic carbocycles. The summed E-state index contributed by atoms with van der Waals surface area (Å²) in [6.45, 7) is 9.60. The Hall–Kier alpha value is -2.59. The Morgan fingerprint density at radius 1 is 0.574 bits per heavy atom. The first-order valence-electron chi connectivity index (χ1n) is 16.8. The second-order valence-electron chi connectivity index (χ2n) is 14.3. The van der Waals surface area contributed by atoms with Gasteiger partial charge in [-0.3, -0.25) is 0 Å². The largest absolute Gasteiger partial charge is 0.147 e. The molecule has 1 fully saturated rings. The molecule has 0 saturated carbocycles. The number of ether oxygens (including phenoxy) is 2. The fourth-order valence-electron chi connectivity index (χ4n) is 8.52. The van der Waals surface area contributed by atoms with Gasteiger partial charge in [0.2, 0.25) is 0 Å². The molecular formula is C42H48Cl2HfO2. The maximum absolute atomic E-state index is 5.48. The molecule has 1 aliphatic heterocycles. The molecule has 0 N–H and O–H groups in total. The maximum atomic E-state index is 5.48. The molecule has 3 aliphatic rings. The molecule has 246 valence electrons. The Labute approximate surface area is 298 Å². The molecule has 0 bridgehead atoms. The minimum Gasteiger partial charge on any atom is -0.147 e. The van der Waals surface area contributed by atoms with Crippen LogP contribution < -0.4 is 9.47 Å². The number of rotatable bonds is 10. The Morgan fingerprint density at radius 2 is 0.957 bits per heavy atom. The smallest absolute Gasteiger partial charge is 0.147 e. The molecule has 7 rings (SSSR count). The molecule has 0 spiro atoms. The average molecular weight is 834 g/mol. The van der Waals surface area contributed by atoms with E-state index in [1.165, 1.54) is 54.6 Å². The van der Waals surface area contributed by atoms with Crippen molar-refractivity contribution in [2.24, 2.45) is 11.8 Å². The molecule has 0 radical (unpaired) electrons. The van der Waals surface area contributed by atoms with Gasteiger partial charge in [-0.15, -0.1) is 24.8 Å². The number of methoxy groups -OCH3 is 2. The molecule has 2 aliphatic carbocycles. The zero-order valence-electron chi connectivity index (χ0n) is 28.5. The molecule has 2 unspecified atom stereocenters. The van der Waals surface area contributed by atoms with E-state index in [1.807, 2.05) is 0 Å². The molecule has 1 heterocycles. The number of hydrogen-bond donors (Lipinski definition) is 0. The van der Waals surface area contributed by atoms with E-state index in [0.29, 0.717) is 19.2 Å². The van der Waals surface area contributed by atoms with Crippen LogP contribution in [0.1, 0.15) is 70.1 Å². The summed E-state index contributed by atoms with van der Waals surface area (Å²) in [5.41, 5.74) is 15.0. The van der Waals surface area contributed by atoms with Gasteiger partial charge in [0.25, 0.3) is 0 Å². The van der Waals surface area contributed by atoms with Crippen LogP contribution >= 0.6 is 24.8 Å². The van der Waals surface area contributed by atoms with Gasteiger partial charge in [-0.1, -0.05) is 0 Å². The van der Waals surface area contributed by atoms with Gasteiger partial charge < -0.3 is 0 Å². The van der Waals surface area contributed by atoms with Crippen LogP contribution in [0.2, 0.25) is 8.35 Å². The monoisotopic (exact) mass is 834 g/mol. The van der Waals surface area contributed by atoms with E-state index in [9.17, 15) is 0 Å². The van der Waals surface area contributed by atoms with Crippen LogP contribution in [0.15, 0.2) is 96.1 Å². The number of fused-ring (bicyclic) bond motifs is 2. The summed E-state index contributed by atoms with van der Waals surface area (Å²) < 4.78 is 15.3. The summed E-state index contributed by atoms with van der Waals surface area (Å²) in [5, 5.41) is 0. The minimum atomic E-state index is -3.01. The summed E-state index contributed by atoms with van der Waals surface area (Å²) in [6.07, 6.45) is 7.65. The minimum absolute atomic E-state index is 0. The molecule has 2 atom stereocenters. The molecule has 0 amide bonds. The number of halogens is 2. The van der Waals surface area contributed by atoms with E-state index in [0.717, 1.165) is 11.5 Å². The van der Waals surface area contributed by atoms with Crippen molar-refractivity contribution >= 4 is 37.0 Å².